The summed E-state index contributed by atoms with van der Waals surface area (Å²) in [6.07, 6.45) is 6.04. The Balaban J connectivity index is 1.54. The van der Waals surface area contributed by atoms with Crippen molar-refractivity contribution in [2.75, 3.05) is 5.75 Å². The van der Waals surface area contributed by atoms with Crippen LogP contribution in [0.1, 0.15) is 12.0 Å². The molecule has 3 rings (SSSR count). The van der Waals surface area contributed by atoms with E-state index in [4.69, 9.17) is 16.0 Å². The number of thioether (sulfide) groups is 1. The molecule has 0 unspecified atom stereocenters. The van der Waals surface area contributed by atoms with Gasteiger partial charge in [0.1, 0.15) is 5.52 Å². The van der Waals surface area contributed by atoms with Crippen molar-refractivity contribution in [1.82, 2.24) is 14.8 Å². The minimum Gasteiger partial charge on any atom is -0.431 e. The van der Waals surface area contributed by atoms with Gasteiger partial charge in [-0.05, 0) is 36.6 Å². The van der Waals surface area contributed by atoms with Crippen LogP contribution in [0, 0.1) is 0 Å². The number of halogens is 1. The lowest BCUT2D eigenvalue weighted by Gasteiger charge is -1.95. The number of hydrogen-bond donors (Lipinski definition) is 0. The van der Waals surface area contributed by atoms with Crippen molar-refractivity contribution in [3.05, 3.63) is 41.2 Å². The molecule has 0 saturated heterocycles. The van der Waals surface area contributed by atoms with E-state index in [-0.39, 0.29) is 0 Å². The van der Waals surface area contributed by atoms with Crippen molar-refractivity contribution < 1.29 is 4.42 Å². The van der Waals surface area contributed by atoms with Gasteiger partial charge in [-0.1, -0.05) is 23.4 Å². The van der Waals surface area contributed by atoms with Gasteiger partial charge in [0.2, 0.25) is 0 Å². The zero-order valence-corrected chi connectivity index (χ0v) is 12.6. The topological polar surface area (TPSA) is 43.9 Å². The maximum Gasteiger partial charge on any atom is 0.256 e. The first kappa shape index (κ1) is 13.5. The van der Waals surface area contributed by atoms with E-state index < -0.39 is 0 Å². The Bertz CT molecular complexity index is 722. The predicted molar refractivity (Wildman–Crippen MR) is 81.3 cm³/mol. The van der Waals surface area contributed by atoms with Crippen molar-refractivity contribution in [2.45, 2.75) is 18.1 Å². The van der Waals surface area contributed by atoms with Crippen LogP contribution >= 0.6 is 23.4 Å². The van der Waals surface area contributed by atoms with E-state index in [0.717, 1.165) is 29.7 Å². The minimum atomic E-state index is 0.680. The molecule has 0 bridgehead atoms. The number of hydrogen-bond acceptors (Lipinski definition) is 4. The molecule has 20 heavy (non-hydrogen) atoms. The lowest BCUT2D eigenvalue weighted by atomic mass is 10.2. The number of oxazole rings is 1. The van der Waals surface area contributed by atoms with E-state index in [0.29, 0.717) is 10.2 Å². The smallest absolute Gasteiger partial charge is 0.256 e. The summed E-state index contributed by atoms with van der Waals surface area (Å²) in [5.74, 6) is 0.968. The molecule has 0 saturated carbocycles. The Labute approximate surface area is 126 Å². The normalized spacial score (nSPS) is 11.3. The van der Waals surface area contributed by atoms with E-state index in [9.17, 15) is 0 Å². The second-order valence-corrected chi connectivity index (χ2v) is 6.05. The summed E-state index contributed by atoms with van der Waals surface area (Å²) in [5, 5.41) is 5.54. The average Bonchev–Trinajstić information content (AvgIpc) is 3.00. The molecule has 2 aromatic heterocycles. The molecule has 0 fully saturated rings. The standard InChI is InChI=1S/C14H14ClN3OS/c1-18-9-10(8-16-18)3-2-6-20-14-17-12-7-11(15)4-5-13(12)19-14/h4-5,7-9H,2-3,6H2,1H3. The Kier molecular flexibility index (Phi) is 3.98. The molecular weight excluding hydrogens is 294 g/mol. The second-order valence-electron chi connectivity index (χ2n) is 4.57. The van der Waals surface area contributed by atoms with Gasteiger partial charge in [0.05, 0.1) is 6.20 Å². The quantitative estimate of drug-likeness (QED) is 0.529. The number of aryl methyl sites for hydroxylation is 2. The van der Waals surface area contributed by atoms with Gasteiger partial charge in [0, 0.05) is 24.0 Å². The number of fused-ring (bicyclic) bond motifs is 1. The molecule has 0 aliphatic carbocycles. The van der Waals surface area contributed by atoms with Gasteiger partial charge in [-0.2, -0.15) is 5.10 Å². The van der Waals surface area contributed by atoms with E-state index in [1.165, 1.54) is 5.56 Å². The summed E-state index contributed by atoms with van der Waals surface area (Å²) in [6.45, 7) is 0. The highest BCUT2D eigenvalue weighted by molar-refractivity contribution is 7.99. The molecule has 4 nitrogen and oxygen atoms in total. The lowest BCUT2D eigenvalue weighted by molar-refractivity contribution is 0.489. The van der Waals surface area contributed by atoms with Gasteiger partial charge in [-0.3, -0.25) is 4.68 Å². The highest BCUT2D eigenvalue weighted by Crippen LogP contribution is 2.26. The van der Waals surface area contributed by atoms with Crippen molar-refractivity contribution in [3.63, 3.8) is 0 Å². The molecule has 0 amide bonds. The van der Waals surface area contributed by atoms with E-state index in [1.807, 2.05) is 42.3 Å². The Morgan fingerprint density at radius 2 is 2.30 bits per heavy atom. The largest absolute Gasteiger partial charge is 0.431 e. The van der Waals surface area contributed by atoms with Crippen molar-refractivity contribution in [2.24, 2.45) is 7.05 Å². The van der Waals surface area contributed by atoms with Crippen molar-refractivity contribution >= 4 is 34.5 Å². The summed E-state index contributed by atoms with van der Waals surface area (Å²) < 4.78 is 7.48. The van der Waals surface area contributed by atoms with Crippen LogP contribution in [0.2, 0.25) is 5.02 Å². The first-order valence-corrected chi connectivity index (χ1v) is 7.73. The van der Waals surface area contributed by atoms with E-state index >= 15 is 0 Å². The molecule has 2 heterocycles. The fraction of sp³-hybridized carbons (Fsp3) is 0.286. The predicted octanol–water partition coefficient (Wildman–Crippen LogP) is 3.94. The van der Waals surface area contributed by atoms with Gasteiger partial charge in [-0.25, -0.2) is 4.98 Å². The van der Waals surface area contributed by atoms with Crippen molar-refractivity contribution in [3.8, 4) is 0 Å². The van der Waals surface area contributed by atoms with E-state index in [2.05, 4.69) is 10.1 Å². The Morgan fingerprint density at radius 3 is 3.10 bits per heavy atom. The van der Waals surface area contributed by atoms with Crippen LogP contribution in [0.3, 0.4) is 0 Å². The highest BCUT2D eigenvalue weighted by Gasteiger charge is 2.06. The summed E-state index contributed by atoms with van der Waals surface area (Å²) in [7, 11) is 1.93. The molecule has 1 aromatic carbocycles. The molecule has 104 valence electrons. The molecular formula is C14H14ClN3OS. The maximum absolute atomic E-state index is 5.93. The Hall–Kier alpha value is -1.46. The van der Waals surface area contributed by atoms with Crippen molar-refractivity contribution in [1.29, 1.82) is 0 Å². The van der Waals surface area contributed by atoms with Gasteiger partial charge in [0.25, 0.3) is 5.22 Å². The first-order valence-electron chi connectivity index (χ1n) is 6.37. The molecule has 0 aliphatic rings. The van der Waals surface area contributed by atoms with Crippen LogP contribution < -0.4 is 0 Å². The number of aromatic nitrogens is 3. The van der Waals surface area contributed by atoms with Crippen LogP contribution in [0.15, 0.2) is 40.2 Å². The Morgan fingerprint density at radius 1 is 1.40 bits per heavy atom. The van der Waals surface area contributed by atoms with Gasteiger partial charge < -0.3 is 4.42 Å². The molecule has 0 radical (unpaired) electrons. The average molecular weight is 308 g/mol. The maximum atomic E-state index is 5.93. The molecule has 0 atom stereocenters. The number of benzene rings is 1. The number of nitrogens with zero attached hydrogens (tertiary/aromatic N) is 3. The van der Waals surface area contributed by atoms with Gasteiger partial charge >= 0.3 is 0 Å². The van der Waals surface area contributed by atoms with Gasteiger partial charge in [0.15, 0.2) is 5.58 Å². The third-order valence-electron chi connectivity index (χ3n) is 2.92. The minimum absolute atomic E-state index is 0.680. The fourth-order valence-corrected chi connectivity index (χ4v) is 2.92. The molecule has 6 heteroatoms. The second kappa shape index (κ2) is 5.89. The van der Waals surface area contributed by atoms with Crippen LogP contribution in [0.4, 0.5) is 0 Å². The molecule has 0 N–H and O–H groups in total. The van der Waals surface area contributed by atoms with Crippen LogP contribution in [-0.4, -0.2) is 20.5 Å². The van der Waals surface area contributed by atoms with Crippen LogP contribution in [0.5, 0.6) is 0 Å². The molecule has 0 aliphatic heterocycles. The zero-order chi connectivity index (χ0) is 13.9. The third kappa shape index (κ3) is 3.16. The van der Waals surface area contributed by atoms with Gasteiger partial charge in [-0.15, -0.1) is 0 Å². The zero-order valence-electron chi connectivity index (χ0n) is 11.0. The molecule has 0 spiro atoms. The lowest BCUT2D eigenvalue weighted by Crippen LogP contribution is -1.87. The monoisotopic (exact) mass is 307 g/mol. The van der Waals surface area contributed by atoms with Crippen LogP contribution in [0.25, 0.3) is 11.1 Å². The van der Waals surface area contributed by atoms with E-state index in [1.54, 1.807) is 11.8 Å². The SMILES string of the molecule is Cn1cc(CCCSc2nc3cc(Cl)ccc3o2)cn1. The number of rotatable bonds is 5. The highest BCUT2D eigenvalue weighted by atomic mass is 35.5. The van der Waals surface area contributed by atoms with Crippen LogP contribution in [-0.2, 0) is 13.5 Å². The summed E-state index contributed by atoms with van der Waals surface area (Å²) in [4.78, 5) is 4.42. The summed E-state index contributed by atoms with van der Waals surface area (Å²) in [6, 6.07) is 5.48. The summed E-state index contributed by atoms with van der Waals surface area (Å²) in [5.41, 5.74) is 2.86. The third-order valence-corrected chi connectivity index (χ3v) is 4.07. The molecule has 3 aromatic rings. The fourth-order valence-electron chi connectivity index (χ4n) is 1.98. The first-order chi connectivity index (χ1) is 9.70. The summed E-state index contributed by atoms with van der Waals surface area (Å²) >= 11 is 7.56.